The molecular formula is C10H11N5S. The summed E-state index contributed by atoms with van der Waals surface area (Å²) in [5.74, 6) is 4.25. The van der Waals surface area contributed by atoms with Crippen LogP contribution in [0.3, 0.4) is 0 Å². The third-order valence-electron chi connectivity index (χ3n) is 2.52. The molecule has 0 saturated heterocycles. The Morgan fingerprint density at radius 1 is 1.38 bits per heavy atom. The summed E-state index contributed by atoms with van der Waals surface area (Å²) in [6, 6.07) is 0. The fraction of sp³-hybridized carbons (Fsp3) is 0.300. The van der Waals surface area contributed by atoms with Crippen molar-refractivity contribution in [1.29, 1.82) is 0 Å². The fourth-order valence-electron chi connectivity index (χ4n) is 1.75. The molecule has 6 heteroatoms. The molecule has 0 spiro atoms. The molecule has 2 aromatic rings. The van der Waals surface area contributed by atoms with Gasteiger partial charge >= 0.3 is 0 Å². The van der Waals surface area contributed by atoms with E-state index in [9.17, 15) is 0 Å². The minimum absolute atomic E-state index is 0.663. The summed E-state index contributed by atoms with van der Waals surface area (Å²) < 4.78 is 0. The maximum absolute atomic E-state index is 4.54. The summed E-state index contributed by atoms with van der Waals surface area (Å²) in [6.07, 6.45) is 3.49. The van der Waals surface area contributed by atoms with Crippen LogP contribution >= 0.6 is 11.8 Å². The predicted molar refractivity (Wildman–Crippen MR) is 64.2 cm³/mol. The van der Waals surface area contributed by atoms with E-state index < -0.39 is 0 Å². The molecule has 0 amide bonds. The molecule has 16 heavy (non-hydrogen) atoms. The minimum atomic E-state index is 0.663. The van der Waals surface area contributed by atoms with Crippen molar-refractivity contribution in [3.63, 3.8) is 0 Å². The number of aromatic nitrogens is 4. The van der Waals surface area contributed by atoms with Crippen molar-refractivity contribution in [3.05, 3.63) is 23.7 Å². The van der Waals surface area contributed by atoms with Crippen molar-refractivity contribution < 1.29 is 0 Å². The molecule has 0 bridgehead atoms. The molecule has 0 atom stereocenters. The summed E-state index contributed by atoms with van der Waals surface area (Å²) in [7, 11) is 1.89. The second kappa shape index (κ2) is 3.79. The molecule has 3 rings (SSSR count). The van der Waals surface area contributed by atoms with Gasteiger partial charge in [-0.3, -0.25) is 0 Å². The summed E-state index contributed by atoms with van der Waals surface area (Å²) in [5, 5.41) is 3.12. The van der Waals surface area contributed by atoms with Gasteiger partial charge in [-0.25, -0.2) is 15.0 Å². The van der Waals surface area contributed by atoms with Gasteiger partial charge in [0.1, 0.15) is 5.82 Å². The van der Waals surface area contributed by atoms with Crippen LogP contribution in [0.15, 0.2) is 12.4 Å². The Hall–Kier alpha value is -1.56. The van der Waals surface area contributed by atoms with E-state index in [4.69, 9.17) is 0 Å². The zero-order chi connectivity index (χ0) is 11.0. The lowest BCUT2D eigenvalue weighted by Gasteiger charge is -2.07. The smallest absolute Gasteiger partial charge is 0.197 e. The van der Waals surface area contributed by atoms with E-state index in [-0.39, 0.29) is 0 Å². The first-order valence-electron chi connectivity index (χ1n) is 5.03. The molecule has 1 aliphatic heterocycles. The van der Waals surface area contributed by atoms with Gasteiger partial charge in [-0.2, -0.15) is 11.8 Å². The highest BCUT2D eigenvalue weighted by atomic mass is 32.2. The molecule has 2 N–H and O–H groups in total. The second-order valence-corrected chi connectivity index (χ2v) is 4.49. The number of nitrogens with one attached hydrogen (secondary N) is 2. The highest BCUT2D eigenvalue weighted by Crippen LogP contribution is 2.33. The molecule has 5 nitrogen and oxygen atoms in total. The lowest BCUT2D eigenvalue weighted by molar-refractivity contribution is 1.05. The molecular weight excluding hydrogens is 222 g/mol. The van der Waals surface area contributed by atoms with Crippen molar-refractivity contribution in [2.75, 3.05) is 12.4 Å². The van der Waals surface area contributed by atoms with Crippen LogP contribution in [0.1, 0.15) is 11.3 Å². The van der Waals surface area contributed by atoms with Crippen LogP contribution in [0.2, 0.25) is 0 Å². The summed E-state index contributed by atoms with van der Waals surface area (Å²) in [6.45, 7) is 0. The van der Waals surface area contributed by atoms with Crippen molar-refractivity contribution in [1.82, 2.24) is 19.9 Å². The lowest BCUT2D eigenvalue weighted by atomic mass is 10.2. The lowest BCUT2D eigenvalue weighted by Crippen LogP contribution is -2.03. The average Bonchev–Trinajstić information content (AvgIpc) is 2.97. The first-order valence-corrected chi connectivity index (χ1v) is 6.19. The Labute approximate surface area is 97.1 Å². The van der Waals surface area contributed by atoms with Crippen LogP contribution in [0.5, 0.6) is 0 Å². The average molecular weight is 233 g/mol. The van der Waals surface area contributed by atoms with Gasteiger partial charge in [0.25, 0.3) is 0 Å². The van der Waals surface area contributed by atoms with Gasteiger partial charge in [-0.05, 0) is 0 Å². The number of anilines is 1. The highest BCUT2D eigenvalue weighted by Gasteiger charge is 2.20. The first-order chi connectivity index (χ1) is 7.88. The molecule has 0 fully saturated rings. The maximum Gasteiger partial charge on any atom is 0.197 e. The van der Waals surface area contributed by atoms with Gasteiger partial charge in [-0.15, -0.1) is 0 Å². The van der Waals surface area contributed by atoms with E-state index in [1.54, 1.807) is 12.4 Å². The molecule has 82 valence electrons. The van der Waals surface area contributed by atoms with Crippen molar-refractivity contribution in [2.24, 2.45) is 0 Å². The van der Waals surface area contributed by atoms with Crippen LogP contribution < -0.4 is 5.32 Å². The molecule has 0 saturated carbocycles. The van der Waals surface area contributed by atoms with Gasteiger partial charge in [-0.1, -0.05) is 0 Å². The standard InChI is InChI=1S/C10H11N5S/c1-11-8-6-4-16-5-7(6)14-10(15-8)9-12-2-3-13-9/h2-3H,4-5H2,1H3,(H,12,13)(H,11,14,15). The molecule has 1 aliphatic rings. The van der Waals surface area contributed by atoms with Gasteiger partial charge in [0, 0.05) is 36.5 Å². The van der Waals surface area contributed by atoms with Gasteiger partial charge in [0.15, 0.2) is 11.6 Å². The third kappa shape index (κ3) is 1.46. The molecule has 2 aromatic heterocycles. The second-order valence-electron chi connectivity index (χ2n) is 3.50. The SMILES string of the molecule is CNc1nc(-c2ncc[nH]2)nc2c1CSC2. The summed E-state index contributed by atoms with van der Waals surface area (Å²) >= 11 is 1.87. The predicted octanol–water partition coefficient (Wildman–Crippen LogP) is 1.66. The van der Waals surface area contributed by atoms with Gasteiger partial charge in [0.05, 0.1) is 5.69 Å². The van der Waals surface area contributed by atoms with E-state index in [1.165, 1.54) is 5.56 Å². The van der Waals surface area contributed by atoms with E-state index in [0.29, 0.717) is 5.82 Å². The number of fused-ring (bicyclic) bond motifs is 1. The Balaban J connectivity index is 2.15. The largest absolute Gasteiger partial charge is 0.373 e. The van der Waals surface area contributed by atoms with Crippen LogP contribution in [0.25, 0.3) is 11.6 Å². The number of hydrogen-bond acceptors (Lipinski definition) is 5. The van der Waals surface area contributed by atoms with E-state index in [1.807, 2.05) is 18.8 Å². The monoisotopic (exact) mass is 233 g/mol. The molecule has 0 unspecified atom stereocenters. The van der Waals surface area contributed by atoms with E-state index in [0.717, 1.165) is 28.8 Å². The number of imidazole rings is 1. The Kier molecular flexibility index (Phi) is 2.28. The number of nitrogens with zero attached hydrogens (tertiary/aromatic N) is 3. The van der Waals surface area contributed by atoms with Crippen LogP contribution in [-0.4, -0.2) is 27.0 Å². The summed E-state index contributed by atoms with van der Waals surface area (Å²) in [4.78, 5) is 16.2. The zero-order valence-corrected chi connectivity index (χ0v) is 9.64. The highest BCUT2D eigenvalue weighted by molar-refractivity contribution is 7.98. The number of hydrogen-bond donors (Lipinski definition) is 2. The van der Waals surface area contributed by atoms with Crippen LogP contribution in [0.4, 0.5) is 5.82 Å². The zero-order valence-electron chi connectivity index (χ0n) is 8.82. The number of thioether (sulfide) groups is 1. The molecule has 0 aromatic carbocycles. The Morgan fingerprint density at radius 3 is 3.06 bits per heavy atom. The Bertz CT molecular complexity index is 508. The maximum atomic E-state index is 4.54. The summed E-state index contributed by atoms with van der Waals surface area (Å²) in [5.41, 5.74) is 2.35. The quantitative estimate of drug-likeness (QED) is 0.825. The van der Waals surface area contributed by atoms with E-state index in [2.05, 4.69) is 25.3 Å². The van der Waals surface area contributed by atoms with Crippen molar-refractivity contribution in [2.45, 2.75) is 11.5 Å². The third-order valence-corrected chi connectivity index (χ3v) is 3.50. The number of H-pyrrole nitrogens is 1. The van der Waals surface area contributed by atoms with Crippen molar-refractivity contribution >= 4 is 17.6 Å². The van der Waals surface area contributed by atoms with Crippen LogP contribution in [0, 0.1) is 0 Å². The van der Waals surface area contributed by atoms with Gasteiger partial charge < -0.3 is 10.3 Å². The first kappa shape index (κ1) is 9.65. The molecule has 3 heterocycles. The topological polar surface area (TPSA) is 66.5 Å². The normalized spacial score (nSPS) is 13.8. The van der Waals surface area contributed by atoms with E-state index >= 15 is 0 Å². The Morgan fingerprint density at radius 2 is 2.31 bits per heavy atom. The van der Waals surface area contributed by atoms with Crippen molar-refractivity contribution in [3.8, 4) is 11.6 Å². The minimum Gasteiger partial charge on any atom is -0.373 e. The van der Waals surface area contributed by atoms with Crippen LogP contribution in [-0.2, 0) is 11.5 Å². The molecule has 0 aliphatic carbocycles. The number of aromatic amines is 1. The fourth-order valence-corrected chi connectivity index (χ4v) is 2.79. The molecule has 0 radical (unpaired) electrons. The van der Waals surface area contributed by atoms with Gasteiger partial charge in [0.2, 0.25) is 0 Å². The number of rotatable bonds is 2.